The highest BCUT2D eigenvalue weighted by Gasteiger charge is 2.19. The van der Waals surface area contributed by atoms with Crippen molar-refractivity contribution in [3.05, 3.63) is 46.3 Å². The van der Waals surface area contributed by atoms with Crippen LogP contribution in [-0.2, 0) is 0 Å². The van der Waals surface area contributed by atoms with Gasteiger partial charge >= 0.3 is 5.97 Å². The summed E-state index contributed by atoms with van der Waals surface area (Å²) in [5.74, 6) is -3.09. The van der Waals surface area contributed by atoms with E-state index in [-0.39, 0.29) is 21.6 Å². The molecule has 0 spiro atoms. The van der Waals surface area contributed by atoms with Crippen LogP contribution in [0.3, 0.4) is 0 Å². The molecule has 2 rings (SSSR count). The maximum Gasteiger partial charge on any atom is 0.337 e. The third-order valence-electron chi connectivity index (χ3n) is 2.42. The van der Waals surface area contributed by atoms with Crippen LogP contribution in [0.5, 0.6) is 0 Å². The van der Waals surface area contributed by atoms with Crippen molar-refractivity contribution < 1.29 is 18.7 Å². The minimum Gasteiger partial charge on any atom is -0.478 e. The lowest BCUT2D eigenvalue weighted by Gasteiger charge is -2.05. The Bertz CT molecular complexity index is 590. The van der Waals surface area contributed by atoms with Gasteiger partial charge in [-0.05, 0) is 23.9 Å². The van der Waals surface area contributed by atoms with Gasteiger partial charge in [0, 0.05) is 5.56 Å². The highest BCUT2D eigenvalue weighted by Crippen LogP contribution is 2.33. The highest BCUT2D eigenvalue weighted by atomic mass is 32.1. The van der Waals surface area contributed by atoms with Crippen LogP contribution in [0.25, 0.3) is 10.4 Å². The lowest BCUT2D eigenvalue weighted by molar-refractivity contribution is 0.0698. The molecule has 5 heteroatoms. The van der Waals surface area contributed by atoms with Gasteiger partial charge in [0.05, 0.1) is 10.4 Å². The van der Waals surface area contributed by atoms with E-state index in [0.29, 0.717) is 0 Å². The second-order valence-corrected chi connectivity index (χ2v) is 4.44. The summed E-state index contributed by atoms with van der Waals surface area (Å²) in [5, 5.41) is 10.5. The van der Waals surface area contributed by atoms with E-state index in [1.54, 1.807) is 0 Å². The summed E-state index contributed by atoms with van der Waals surface area (Å²) in [6, 6.07) is 4.20. The molecule has 1 heterocycles. The van der Waals surface area contributed by atoms with Crippen molar-refractivity contribution in [2.45, 2.75) is 6.92 Å². The third kappa shape index (κ3) is 1.93. The van der Waals surface area contributed by atoms with Gasteiger partial charge in [0.25, 0.3) is 0 Å². The van der Waals surface area contributed by atoms with Gasteiger partial charge in [-0.25, -0.2) is 13.6 Å². The van der Waals surface area contributed by atoms with Gasteiger partial charge in [0.2, 0.25) is 0 Å². The van der Waals surface area contributed by atoms with Gasteiger partial charge in [-0.1, -0.05) is 12.1 Å². The number of hydrogen-bond acceptors (Lipinski definition) is 2. The molecule has 0 radical (unpaired) electrons. The van der Waals surface area contributed by atoms with Crippen LogP contribution in [-0.4, -0.2) is 11.1 Å². The molecule has 2 aromatic rings. The zero-order valence-electron chi connectivity index (χ0n) is 8.83. The molecule has 0 bridgehead atoms. The molecule has 0 aliphatic heterocycles. The van der Waals surface area contributed by atoms with E-state index in [9.17, 15) is 13.6 Å². The first-order valence-electron chi connectivity index (χ1n) is 4.78. The molecule has 0 aliphatic carbocycles. The second kappa shape index (κ2) is 4.25. The molecular weight excluding hydrogens is 246 g/mol. The summed E-state index contributed by atoms with van der Waals surface area (Å²) in [4.78, 5) is 11.1. The Kier molecular flexibility index (Phi) is 2.93. The quantitative estimate of drug-likeness (QED) is 0.887. The Morgan fingerprint density at radius 2 is 1.94 bits per heavy atom. The second-order valence-electron chi connectivity index (χ2n) is 3.53. The fourth-order valence-corrected chi connectivity index (χ4v) is 2.41. The van der Waals surface area contributed by atoms with Gasteiger partial charge in [0.15, 0.2) is 11.6 Å². The van der Waals surface area contributed by atoms with E-state index in [1.807, 2.05) is 0 Å². The average Bonchev–Trinajstić information content (AvgIpc) is 2.75. The van der Waals surface area contributed by atoms with Crippen LogP contribution in [0.2, 0.25) is 0 Å². The van der Waals surface area contributed by atoms with Crippen molar-refractivity contribution in [1.29, 1.82) is 0 Å². The maximum absolute atomic E-state index is 13.7. The number of rotatable bonds is 2. The normalized spacial score (nSPS) is 10.5. The zero-order valence-corrected chi connectivity index (χ0v) is 9.65. The summed E-state index contributed by atoms with van der Waals surface area (Å²) in [5.41, 5.74) is 0.164. The fraction of sp³-hybridized carbons (Fsp3) is 0.0833. The number of halogens is 2. The monoisotopic (exact) mass is 254 g/mol. The van der Waals surface area contributed by atoms with Crippen LogP contribution in [0, 0.1) is 18.6 Å². The van der Waals surface area contributed by atoms with Crippen molar-refractivity contribution >= 4 is 17.3 Å². The van der Waals surface area contributed by atoms with Crippen molar-refractivity contribution in [3.8, 4) is 10.4 Å². The lowest BCUT2D eigenvalue weighted by atomic mass is 10.1. The molecule has 0 saturated carbocycles. The van der Waals surface area contributed by atoms with Gasteiger partial charge in [0.1, 0.15) is 0 Å². The van der Waals surface area contributed by atoms with Gasteiger partial charge in [-0.15, -0.1) is 11.3 Å². The first-order chi connectivity index (χ1) is 8.02. The highest BCUT2D eigenvalue weighted by molar-refractivity contribution is 7.14. The summed E-state index contributed by atoms with van der Waals surface area (Å²) in [6.07, 6.45) is 0. The van der Waals surface area contributed by atoms with Gasteiger partial charge < -0.3 is 5.11 Å². The maximum atomic E-state index is 13.7. The number of aryl methyl sites for hydroxylation is 1. The zero-order chi connectivity index (χ0) is 12.6. The van der Waals surface area contributed by atoms with Crippen molar-refractivity contribution in [2.24, 2.45) is 0 Å². The molecule has 0 amide bonds. The van der Waals surface area contributed by atoms with E-state index in [1.165, 1.54) is 30.5 Å². The van der Waals surface area contributed by atoms with Crippen molar-refractivity contribution in [3.63, 3.8) is 0 Å². The molecule has 2 nitrogen and oxygen atoms in total. The van der Waals surface area contributed by atoms with E-state index in [2.05, 4.69) is 0 Å². The molecule has 17 heavy (non-hydrogen) atoms. The molecule has 0 fully saturated rings. The Hall–Kier alpha value is -1.75. The average molecular weight is 254 g/mol. The Labute approximate surface area is 100 Å². The minimum absolute atomic E-state index is 0.0134. The number of carbonyl (C=O) groups is 1. The van der Waals surface area contributed by atoms with Crippen LogP contribution >= 0.6 is 11.3 Å². The topological polar surface area (TPSA) is 37.3 Å². The lowest BCUT2D eigenvalue weighted by Crippen LogP contribution is -1.98. The Morgan fingerprint density at radius 1 is 1.24 bits per heavy atom. The summed E-state index contributed by atoms with van der Waals surface area (Å²) in [7, 11) is 0. The standard InChI is InChI=1S/C12H8F2O2S/c1-6-2-3-7(10(14)9(6)13)11-8(12(15)16)4-5-17-11/h2-5H,1H3,(H,15,16). The molecule has 88 valence electrons. The summed E-state index contributed by atoms with van der Waals surface area (Å²) >= 11 is 1.07. The fourth-order valence-electron chi connectivity index (χ4n) is 1.51. The van der Waals surface area contributed by atoms with Gasteiger partial charge in [-0.2, -0.15) is 0 Å². The molecule has 0 atom stereocenters. The number of thiophene rings is 1. The van der Waals surface area contributed by atoms with Crippen LogP contribution < -0.4 is 0 Å². The predicted octanol–water partition coefficient (Wildman–Crippen LogP) is 3.70. The molecule has 1 N–H and O–H groups in total. The minimum atomic E-state index is -1.15. The Morgan fingerprint density at radius 3 is 2.59 bits per heavy atom. The third-order valence-corrected chi connectivity index (χ3v) is 3.36. The molecule has 0 unspecified atom stereocenters. The van der Waals surface area contributed by atoms with E-state index in [4.69, 9.17) is 5.11 Å². The predicted molar refractivity (Wildman–Crippen MR) is 61.4 cm³/mol. The van der Waals surface area contributed by atoms with Crippen LogP contribution in [0.4, 0.5) is 8.78 Å². The summed E-state index contributed by atoms with van der Waals surface area (Å²) < 4.78 is 27.1. The Balaban J connectivity index is 2.65. The van der Waals surface area contributed by atoms with E-state index >= 15 is 0 Å². The van der Waals surface area contributed by atoms with E-state index in [0.717, 1.165) is 11.3 Å². The number of carboxylic acids is 1. The SMILES string of the molecule is Cc1ccc(-c2sccc2C(=O)O)c(F)c1F. The first kappa shape index (κ1) is 11.7. The molecule has 1 aromatic heterocycles. The smallest absolute Gasteiger partial charge is 0.337 e. The molecular formula is C12H8F2O2S. The van der Waals surface area contributed by atoms with Crippen molar-refractivity contribution in [1.82, 2.24) is 0 Å². The molecule has 0 aliphatic rings. The molecule has 1 aromatic carbocycles. The van der Waals surface area contributed by atoms with Crippen LogP contribution in [0.1, 0.15) is 15.9 Å². The number of carboxylic acid groups (broad SMARTS) is 1. The first-order valence-corrected chi connectivity index (χ1v) is 5.66. The van der Waals surface area contributed by atoms with Gasteiger partial charge in [-0.3, -0.25) is 0 Å². The number of benzene rings is 1. The van der Waals surface area contributed by atoms with Crippen molar-refractivity contribution in [2.75, 3.05) is 0 Å². The number of aromatic carboxylic acids is 1. The largest absolute Gasteiger partial charge is 0.478 e. The van der Waals surface area contributed by atoms with E-state index < -0.39 is 17.6 Å². The molecule has 0 saturated heterocycles. The number of hydrogen-bond donors (Lipinski definition) is 1. The summed E-state index contributed by atoms with van der Waals surface area (Å²) in [6.45, 7) is 1.45. The van der Waals surface area contributed by atoms with Crippen LogP contribution in [0.15, 0.2) is 23.6 Å².